The molecular formula is C20H24O5S. The number of aryl methyl sites for hydroxylation is 1. The van der Waals surface area contributed by atoms with Crippen molar-refractivity contribution in [2.24, 2.45) is 0 Å². The molecular weight excluding hydrogens is 352 g/mol. The van der Waals surface area contributed by atoms with Crippen LogP contribution in [-0.2, 0) is 30.2 Å². The Morgan fingerprint density at radius 1 is 0.962 bits per heavy atom. The molecule has 1 aliphatic rings. The van der Waals surface area contributed by atoms with Crippen molar-refractivity contribution in [3.05, 3.63) is 65.7 Å². The van der Waals surface area contributed by atoms with Crippen LogP contribution < -0.4 is 0 Å². The lowest BCUT2D eigenvalue weighted by Gasteiger charge is -2.18. The molecule has 0 bridgehead atoms. The van der Waals surface area contributed by atoms with E-state index < -0.39 is 10.1 Å². The van der Waals surface area contributed by atoms with Crippen LogP contribution in [0.1, 0.15) is 30.1 Å². The summed E-state index contributed by atoms with van der Waals surface area (Å²) >= 11 is 0. The molecule has 1 atom stereocenters. The van der Waals surface area contributed by atoms with Crippen LogP contribution in [0.3, 0.4) is 0 Å². The summed E-state index contributed by atoms with van der Waals surface area (Å²) in [4.78, 5) is 0.156. The van der Waals surface area contributed by atoms with Crippen molar-refractivity contribution >= 4 is 10.1 Å². The predicted octanol–water partition coefficient (Wildman–Crippen LogP) is 3.50. The van der Waals surface area contributed by atoms with Gasteiger partial charge in [-0.1, -0.05) is 42.5 Å². The molecule has 0 N–H and O–H groups in total. The highest BCUT2D eigenvalue weighted by Gasteiger charge is 2.19. The van der Waals surface area contributed by atoms with E-state index in [4.69, 9.17) is 13.7 Å². The lowest BCUT2D eigenvalue weighted by Crippen LogP contribution is -2.13. The fraction of sp³-hybridized carbons (Fsp3) is 0.400. The standard InChI is InChI=1S/C20H24O5S/c21-26(22,18-9-2-1-3-10-18)25-16-15-23-14-12-20-19-11-5-4-7-17(19)8-6-13-24-20/h1-5,7,9-11,20H,6,8,12-16H2. The number of fused-ring (bicyclic) bond motifs is 1. The van der Waals surface area contributed by atoms with Crippen LogP contribution in [0.2, 0.25) is 0 Å². The van der Waals surface area contributed by atoms with Crippen molar-refractivity contribution in [1.29, 1.82) is 0 Å². The fourth-order valence-electron chi connectivity index (χ4n) is 3.04. The molecule has 3 rings (SSSR count). The lowest BCUT2D eigenvalue weighted by molar-refractivity contribution is 0.0185. The van der Waals surface area contributed by atoms with Crippen molar-refractivity contribution in [1.82, 2.24) is 0 Å². The Kier molecular flexibility index (Phi) is 6.80. The van der Waals surface area contributed by atoms with Crippen molar-refractivity contribution < 1.29 is 22.1 Å². The van der Waals surface area contributed by atoms with Gasteiger partial charge in [-0.15, -0.1) is 0 Å². The van der Waals surface area contributed by atoms with E-state index in [9.17, 15) is 8.42 Å². The third-order valence-electron chi connectivity index (χ3n) is 4.33. The maximum atomic E-state index is 12.0. The normalized spacial score (nSPS) is 17.5. The second-order valence-corrected chi connectivity index (χ2v) is 7.77. The molecule has 0 saturated carbocycles. The zero-order chi connectivity index (χ0) is 18.2. The molecule has 5 nitrogen and oxygen atoms in total. The van der Waals surface area contributed by atoms with Gasteiger partial charge in [-0.3, -0.25) is 4.18 Å². The molecule has 2 aromatic rings. The van der Waals surface area contributed by atoms with E-state index in [0.717, 1.165) is 25.9 Å². The van der Waals surface area contributed by atoms with E-state index >= 15 is 0 Å². The number of hydrogen-bond acceptors (Lipinski definition) is 5. The van der Waals surface area contributed by atoms with E-state index in [1.807, 2.05) is 6.07 Å². The van der Waals surface area contributed by atoms with Gasteiger partial charge in [-0.05, 0) is 36.1 Å². The second kappa shape index (κ2) is 9.28. The Morgan fingerprint density at radius 3 is 2.58 bits per heavy atom. The van der Waals surface area contributed by atoms with Gasteiger partial charge in [0.1, 0.15) is 0 Å². The molecule has 140 valence electrons. The van der Waals surface area contributed by atoms with Crippen LogP contribution in [0.15, 0.2) is 59.5 Å². The summed E-state index contributed by atoms with van der Waals surface area (Å²) in [6, 6.07) is 16.5. The molecule has 0 radical (unpaired) electrons. The molecule has 0 aliphatic carbocycles. The summed E-state index contributed by atoms with van der Waals surface area (Å²) in [5.41, 5.74) is 2.57. The summed E-state index contributed by atoms with van der Waals surface area (Å²) in [5.74, 6) is 0. The average molecular weight is 376 g/mol. The van der Waals surface area contributed by atoms with Gasteiger partial charge in [-0.25, -0.2) is 0 Å². The van der Waals surface area contributed by atoms with Gasteiger partial charge in [0.05, 0.1) is 24.2 Å². The highest BCUT2D eigenvalue weighted by atomic mass is 32.2. The van der Waals surface area contributed by atoms with Crippen LogP contribution in [0.25, 0.3) is 0 Å². The van der Waals surface area contributed by atoms with Crippen LogP contribution in [0.5, 0.6) is 0 Å². The van der Waals surface area contributed by atoms with Gasteiger partial charge in [0.2, 0.25) is 0 Å². The Bertz CT molecular complexity index is 789. The second-order valence-electron chi connectivity index (χ2n) is 6.15. The molecule has 6 heteroatoms. The highest BCUT2D eigenvalue weighted by Crippen LogP contribution is 2.28. The van der Waals surface area contributed by atoms with Crippen LogP contribution in [-0.4, -0.2) is 34.8 Å². The Balaban J connectivity index is 1.41. The first-order valence-corrected chi connectivity index (χ1v) is 10.3. The molecule has 2 aromatic carbocycles. The molecule has 0 amide bonds. The van der Waals surface area contributed by atoms with Gasteiger partial charge in [-0.2, -0.15) is 8.42 Å². The third-order valence-corrected chi connectivity index (χ3v) is 5.66. The molecule has 0 saturated heterocycles. The van der Waals surface area contributed by atoms with Crippen molar-refractivity contribution in [2.45, 2.75) is 30.3 Å². The number of ether oxygens (including phenoxy) is 2. The molecule has 0 spiro atoms. The summed E-state index contributed by atoms with van der Waals surface area (Å²) in [7, 11) is -3.72. The largest absolute Gasteiger partial charge is 0.379 e. The van der Waals surface area contributed by atoms with Gasteiger partial charge >= 0.3 is 0 Å². The Labute approximate surface area is 155 Å². The topological polar surface area (TPSA) is 61.8 Å². The highest BCUT2D eigenvalue weighted by molar-refractivity contribution is 7.86. The van der Waals surface area contributed by atoms with Gasteiger partial charge in [0.25, 0.3) is 10.1 Å². The predicted molar refractivity (Wildman–Crippen MR) is 98.5 cm³/mol. The van der Waals surface area contributed by atoms with Crippen LogP contribution >= 0.6 is 0 Å². The smallest absolute Gasteiger partial charge is 0.297 e. The minimum Gasteiger partial charge on any atom is -0.379 e. The van der Waals surface area contributed by atoms with Crippen LogP contribution in [0, 0.1) is 0 Å². The van der Waals surface area contributed by atoms with E-state index in [1.54, 1.807) is 18.2 Å². The first kappa shape index (κ1) is 19.0. The maximum absolute atomic E-state index is 12.0. The van der Waals surface area contributed by atoms with Crippen LogP contribution in [0.4, 0.5) is 0 Å². The van der Waals surface area contributed by atoms with Gasteiger partial charge in [0.15, 0.2) is 0 Å². The molecule has 1 unspecified atom stereocenters. The quantitative estimate of drug-likeness (QED) is 0.521. The average Bonchev–Trinajstić information content (AvgIpc) is 2.87. The van der Waals surface area contributed by atoms with E-state index in [1.165, 1.54) is 23.3 Å². The minimum absolute atomic E-state index is 0.000656. The number of rotatable bonds is 8. The fourth-order valence-corrected chi connectivity index (χ4v) is 3.96. The summed E-state index contributed by atoms with van der Waals surface area (Å²) in [6.07, 6.45) is 2.84. The minimum atomic E-state index is -3.72. The Morgan fingerprint density at radius 2 is 1.73 bits per heavy atom. The monoisotopic (exact) mass is 376 g/mol. The summed E-state index contributed by atoms with van der Waals surface area (Å²) < 4.78 is 40.5. The van der Waals surface area contributed by atoms with Crippen molar-refractivity contribution in [3.63, 3.8) is 0 Å². The van der Waals surface area contributed by atoms with E-state index in [2.05, 4.69) is 18.2 Å². The summed E-state index contributed by atoms with van der Waals surface area (Å²) in [6.45, 7) is 1.46. The van der Waals surface area contributed by atoms with Gasteiger partial charge in [0, 0.05) is 19.6 Å². The van der Waals surface area contributed by atoms with E-state index in [-0.39, 0.29) is 24.2 Å². The third kappa shape index (κ3) is 5.14. The SMILES string of the molecule is O=S(=O)(OCCOCCC1OCCCc2ccccc21)c1ccccc1. The molecule has 1 aliphatic heterocycles. The van der Waals surface area contributed by atoms with Crippen molar-refractivity contribution in [2.75, 3.05) is 26.4 Å². The van der Waals surface area contributed by atoms with Crippen molar-refractivity contribution in [3.8, 4) is 0 Å². The Hall–Kier alpha value is -1.73. The molecule has 1 heterocycles. The lowest BCUT2D eigenvalue weighted by atomic mass is 9.98. The zero-order valence-electron chi connectivity index (χ0n) is 14.7. The number of hydrogen-bond donors (Lipinski definition) is 0. The molecule has 0 fully saturated rings. The summed E-state index contributed by atoms with van der Waals surface area (Å²) in [5, 5.41) is 0. The zero-order valence-corrected chi connectivity index (χ0v) is 15.5. The number of benzene rings is 2. The van der Waals surface area contributed by atoms with E-state index in [0.29, 0.717) is 6.61 Å². The maximum Gasteiger partial charge on any atom is 0.297 e. The molecule has 26 heavy (non-hydrogen) atoms. The van der Waals surface area contributed by atoms with Gasteiger partial charge < -0.3 is 9.47 Å². The first-order valence-electron chi connectivity index (χ1n) is 8.88. The first-order chi connectivity index (χ1) is 12.7. The molecule has 0 aromatic heterocycles.